The number of fused-ring (bicyclic) bond motifs is 4. The summed E-state index contributed by atoms with van der Waals surface area (Å²) in [4.78, 5) is 53.3. The van der Waals surface area contributed by atoms with Gasteiger partial charge in [0, 0.05) is 58.6 Å². The second-order valence-corrected chi connectivity index (χ2v) is 11.7. The molecule has 0 saturated carbocycles. The predicted octanol–water partition coefficient (Wildman–Crippen LogP) is 5.94. The van der Waals surface area contributed by atoms with Crippen molar-refractivity contribution < 1.29 is 14.4 Å². The smallest absolute Gasteiger partial charge is 0.256 e. The molecule has 2 N–H and O–H groups in total. The highest BCUT2D eigenvalue weighted by Gasteiger charge is 2.35. The number of Topliss-reactive ketones (excluding diaryl/α,β-unsaturated/α-hetero) is 1. The second-order valence-electron chi connectivity index (χ2n) is 10.9. The molecule has 212 valence electrons. The van der Waals surface area contributed by atoms with Crippen molar-refractivity contribution in [3.8, 4) is 0 Å². The summed E-state index contributed by atoms with van der Waals surface area (Å²) in [6, 6.07) is 24.7. The summed E-state index contributed by atoms with van der Waals surface area (Å²) in [7, 11) is 0. The lowest BCUT2D eigenvalue weighted by Crippen LogP contribution is -2.47. The van der Waals surface area contributed by atoms with Crippen LogP contribution < -0.4 is 21.1 Å². The Morgan fingerprint density at radius 3 is 2.43 bits per heavy atom. The summed E-state index contributed by atoms with van der Waals surface area (Å²) >= 11 is 3.46. The molecule has 0 aliphatic carbocycles. The highest BCUT2D eigenvalue weighted by atomic mass is 79.9. The molecule has 8 nitrogen and oxygen atoms in total. The maximum absolute atomic E-state index is 13.4. The number of halogens is 1. The van der Waals surface area contributed by atoms with Crippen LogP contribution in [0.1, 0.15) is 56.0 Å². The first-order valence-corrected chi connectivity index (χ1v) is 14.6. The van der Waals surface area contributed by atoms with E-state index in [-0.39, 0.29) is 35.0 Å². The number of aromatic nitrogens is 1. The van der Waals surface area contributed by atoms with Gasteiger partial charge in [0.2, 0.25) is 0 Å². The Balaban J connectivity index is 1.33. The van der Waals surface area contributed by atoms with E-state index < -0.39 is 0 Å². The van der Waals surface area contributed by atoms with E-state index in [1.165, 1.54) is 6.92 Å². The van der Waals surface area contributed by atoms with Gasteiger partial charge < -0.3 is 20.1 Å². The number of amides is 2. The zero-order chi connectivity index (χ0) is 29.4. The highest BCUT2D eigenvalue weighted by molar-refractivity contribution is 9.10. The first kappa shape index (κ1) is 27.7. The normalized spacial score (nSPS) is 17.2. The van der Waals surface area contributed by atoms with Gasteiger partial charge in [-0.3, -0.25) is 19.2 Å². The van der Waals surface area contributed by atoms with Gasteiger partial charge in [0.05, 0.1) is 16.9 Å². The van der Waals surface area contributed by atoms with Crippen LogP contribution in [0.5, 0.6) is 0 Å². The van der Waals surface area contributed by atoms with Crippen LogP contribution in [0.2, 0.25) is 0 Å². The topological polar surface area (TPSA) is 101 Å². The molecule has 1 saturated heterocycles. The van der Waals surface area contributed by atoms with Gasteiger partial charge in [0.15, 0.2) is 5.78 Å². The number of hydrogen-bond donors (Lipinski definition) is 2. The number of benzene rings is 3. The van der Waals surface area contributed by atoms with Crippen LogP contribution in [-0.4, -0.2) is 35.3 Å². The molecule has 0 radical (unpaired) electrons. The summed E-state index contributed by atoms with van der Waals surface area (Å²) in [5, 5.41) is 5.92. The van der Waals surface area contributed by atoms with Crippen molar-refractivity contribution >= 4 is 50.6 Å². The molecule has 6 rings (SSSR count). The Labute approximate surface area is 251 Å². The van der Waals surface area contributed by atoms with Crippen molar-refractivity contribution in [3.63, 3.8) is 0 Å². The first-order chi connectivity index (χ1) is 20.3. The largest absolute Gasteiger partial charge is 0.369 e. The average molecular weight is 626 g/mol. The third-order valence-electron chi connectivity index (χ3n) is 7.97. The van der Waals surface area contributed by atoms with Gasteiger partial charge >= 0.3 is 0 Å². The molecule has 2 aliphatic rings. The molecule has 0 spiro atoms. The number of anilines is 3. The molecule has 3 heterocycles. The van der Waals surface area contributed by atoms with Crippen LogP contribution >= 0.6 is 15.9 Å². The van der Waals surface area contributed by atoms with E-state index in [1.807, 2.05) is 28.8 Å². The monoisotopic (exact) mass is 624 g/mol. The molecule has 9 heteroatoms. The standard InChI is InChI=1S/C33H29BrN4O4/c1-20(39)22-6-4-7-25(15-22)35-32(41)23-12-13-30(28(16-23)36-33(42)26-8-2-3-9-27(26)34)37-17-21-14-24(19-37)29-10-5-11-31(40)38(29)18-21/h2-13,15-16,21,24H,14,17-19H2,1H3,(H,35,41)(H,36,42)/t21-,24+/m1/s1. The van der Waals surface area contributed by atoms with Gasteiger partial charge in [0.25, 0.3) is 17.4 Å². The first-order valence-electron chi connectivity index (χ1n) is 13.8. The van der Waals surface area contributed by atoms with Gasteiger partial charge in [-0.1, -0.05) is 30.3 Å². The van der Waals surface area contributed by atoms with Crippen molar-refractivity contribution in [3.05, 3.63) is 122 Å². The van der Waals surface area contributed by atoms with Crippen LogP contribution in [0.4, 0.5) is 17.1 Å². The van der Waals surface area contributed by atoms with Crippen molar-refractivity contribution in [2.45, 2.75) is 25.8 Å². The van der Waals surface area contributed by atoms with Crippen LogP contribution in [0.3, 0.4) is 0 Å². The lowest BCUT2D eigenvalue weighted by atomic mass is 9.83. The molecule has 4 aromatic rings. The van der Waals surface area contributed by atoms with E-state index in [0.717, 1.165) is 24.3 Å². The molecular weight excluding hydrogens is 596 g/mol. The minimum atomic E-state index is -0.359. The Morgan fingerprint density at radius 1 is 0.810 bits per heavy atom. The van der Waals surface area contributed by atoms with Gasteiger partial charge in [-0.05, 0) is 83.7 Å². The fourth-order valence-electron chi connectivity index (χ4n) is 6.00. The van der Waals surface area contributed by atoms with Crippen molar-refractivity contribution in [1.29, 1.82) is 0 Å². The number of nitrogens with zero attached hydrogens (tertiary/aromatic N) is 2. The summed E-state index contributed by atoms with van der Waals surface area (Å²) < 4.78 is 2.55. The van der Waals surface area contributed by atoms with E-state index in [0.29, 0.717) is 45.6 Å². The SMILES string of the molecule is CC(=O)c1cccc(NC(=O)c2ccc(N3C[C@H]4C[C@@H](C3)c3cccc(=O)n3C4)c(NC(=O)c3ccccc3Br)c2)c1. The minimum Gasteiger partial charge on any atom is -0.369 e. The summed E-state index contributed by atoms with van der Waals surface area (Å²) in [5.41, 5.74) is 4.24. The minimum absolute atomic E-state index is 0.0289. The molecule has 2 bridgehead atoms. The number of piperidine rings is 1. The van der Waals surface area contributed by atoms with Crippen LogP contribution in [0.25, 0.3) is 0 Å². The van der Waals surface area contributed by atoms with E-state index in [4.69, 9.17) is 0 Å². The van der Waals surface area contributed by atoms with E-state index in [1.54, 1.807) is 60.7 Å². The number of carbonyl (C=O) groups excluding carboxylic acids is 3. The molecule has 3 aromatic carbocycles. The highest BCUT2D eigenvalue weighted by Crippen LogP contribution is 2.39. The molecule has 2 aliphatic heterocycles. The number of carbonyl (C=O) groups is 3. The van der Waals surface area contributed by atoms with Crippen LogP contribution in [0.15, 0.2) is 94.2 Å². The Kier molecular flexibility index (Phi) is 7.51. The lowest BCUT2D eigenvalue weighted by Gasteiger charge is -2.44. The zero-order valence-electron chi connectivity index (χ0n) is 23.0. The molecule has 1 aromatic heterocycles. The third-order valence-corrected chi connectivity index (χ3v) is 8.66. The van der Waals surface area contributed by atoms with E-state index in [9.17, 15) is 19.2 Å². The molecular formula is C33H29BrN4O4. The quantitative estimate of drug-likeness (QED) is 0.259. The zero-order valence-corrected chi connectivity index (χ0v) is 24.6. The number of ketones is 1. The molecule has 0 unspecified atom stereocenters. The Morgan fingerprint density at radius 2 is 1.62 bits per heavy atom. The lowest BCUT2D eigenvalue weighted by molar-refractivity contribution is 0.101. The van der Waals surface area contributed by atoms with Crippen LogP contribution in [0, 0.1) is 5.92 Å². The fraction of sp³-hybridized carbons (Fsp3) is 0.212. The van der Waals surface area contributed by atoms with Crippen molar-refractivity contribution in [1.82, 2.24) is 4.57 Å². The maximum atomic E-state index is 13.4. The molecule has 1 fully saturated rings. The summed E-state index contributed by atoms with van der Waals surface area (Å²) in [5.74, 6) is -0.298. The maximum Gasteiger partial charge on any atom is 0.256 e. The predicted molar refractivity (Wildman–Crippen MR) is 167 cm³/mol. The number of hydrogen-bond acceptors (Lipinski definition) is 5. The fourth-order valence-corrected chi connectivity index (χ4v) is 6.47. The Hall–Kier alpha value is -4.50. The van der Waals surface area contributed by atoms with Gasteiger partial charge in [-0.2, -0.15) is 0 Å². The molecule has 2 atom stereocenters. The van der Waals surface area contributed by atoms with Gasteiger partial charge in [0.1, 0.15) is 0 Å². The third kappa shape index (κ3) is 5.52. The number of pyridine rings is 1. The van der Waals surface area contributed by atoms with E-state index in [2.05, 4.69) is 31.5 Å². The second kappa shape index (κ2) is 11.4. The van der Waals surface area contributed by atoms with Crippen molar-refractivity contribution in [2.75, 3.05) is 28.6 Å². The van der Waals surface area contributed by atoms with Gasteiger partial charge in [-0.25, -0.2) is 0 Å². The molecule has 42 heavy (non-hydrogen) atoms. The summed E-state index contributed by atoms with van der Waals surface area (Å²) in [6.07, 6.45) is 0.998. The number of rotatable bonds is 6. The van der Waals surface area contributed by atoms with Gasteiger partial charge in [-0.15, -0.1) is 0 Å². The van der Waals surface area contributed by atoms with Crippen LogP contribution in [-0.2, 0) is 6.54 Å². The van der Waals surface area contributed by atoms with E-state index >= 15 is 0 Å². The Bertz CT molecular complexity index is 1780. The summed E-state index contributed by atoms with van der Waals surface area (Å²) in [6.45, 7) is 3.53. The van der Waals surface area contributed by atoms with Crippen molar-refractivity contribution in [2.24, 2.45) is 5.92 Å². The molecule has 2 amide bonds. The number of nitrogens with one attached hydrogen (secondary N) is 2. The average Bonchev–Trinajstić information content (AvgIpc) is 2.98.